The molecule has 9 heteroatoms. The highest BCUT2D eigenvalue weighted by Crippen LogP contribution is 2.15. The Bertz CT molecular complexity index is 437. The molecular weight excluding hydrogens is 258 g/mol. The zero-order chi connectivity index (χ0) is 14.6. The van der Waals surface area contributed by atoms with Crippen LogP contribution in [0.2, 0.25) is 0 Å². The normalized spacial score (nSPS) is 17.7. The van der Waals surface area contributed by atoms with Gasteiger partial charge in [0.25, 0.3) is 0 Å². The number of aliphatic hydroxyl groups is 3. The van der Waals surface area contributed by atoms with E-state index in [1.807, 2.05) is 0 Å². The van der Waals surface area contributed by atoms with Crippen molar-refractivity contribution in [3.63, 3.8) is 0 Å². The summed E-state index contributed by atoms with van der Waals surface area (Å²) < 4.78 is 4.80. The molecule has 0 aliphatic rings. The van der Waals surface area contributed by atoms with E-state index in [9.17, 15) is 15.0 Å². The van der Waals surface area contributed by atoms with E-state index in [1.54, 1.807) is 6.92 Å². The molecule has 0 spiro atoms. The van der Waals surface area contributed by atoms with Crippen molar-refractivity contribution in [1.82, 2.24) is 10.1 Å². The highest BCUT2D eigenvalue weighted by Gasteiger charge is 2.44. The third-order valence-electron chi connectivity index (χ3n) is 2.78. The second-order valence-electron chi connectivity index (χ2n) is 4.29. The Morgan fingerprint density at radius 1 is 1.53 bits per heavy atom. The molecule has 3 atom stereocenters. The first kappa shape index (κ1) is 15.5. The maximum absolute atomic E-state index is 10.9. The van der Waals surface area contributed by atoms with Gasteiger partial charge in [-0.3, -0.25) is 4.79 Å². The lowest BCUT2D eigenvalue weighted by molar-refractivity contribution is -0.155. The molecule has 1 aromatic rings. The number of nitrogens with zero attached hydrogens (tertiary/aromatic N) is 2. The molecule has 6 N–H and O–H groups in total. The Morgan fingerprint density at radius 2 is 2.16 bits per heavy atom. The molecule has 0 bridgehead atoms. The van der Waals surface area contributed by atoms with Gasteiger partial charge >= 0.3 is 5.97 Å². The smallest absolute Gasteiger partial charge is 0.328 e. The van der Waals surface area contributed by atoms with Crippen LogP contribution in [-0.4, -0.2) is 60.9 Å². The lowest BCUT2D eigenvalue weighted by atomic mass is 9.89. The van der Waals surface area contributed by atoms with E-state index in [0.29, 0.717) is 5.82 Å². The minimum absolute atomic E-state index is 0.0327. The fraction of sp³-hybridized carbons (Fsp3) is 0.700. The average molecular weight is 275 g/mol. The first-order valence-corrected chi connectivity index (χ1v) is 5.59. The minimum Gasteiger partial charge on any atom is -0.480 e. The maximum atomic E-state index is 10.9. The van der Waals surface area contributed by atoms with Crippen LogP contribution in [0.25, 0.3) is 0 Å². The fourth-order valence-electron chi connectivity index (χ4n) is 1.50. The number of aliphatic hydroxyl groups excluding tert-OH is 3. The first-order chi connectivity index (χ1) is 8.81. The Balaban J connectivity index is 2.61. The van der Waals surface area contributed by atoms with Crippen LogP contribution in [0.15, 0.2) is 4.52 Å². The second kappa shape index (κ2) is 6.06. The number of aromatic nitrogens is 2. The number of aliphatic carboxylic acids is 1. The number of carboxylic acid groups (broad SMARTS) is 1. The molecule has 1 heterocycles. The standard InChI is InChI=1S/C10H17N3O6/c1-5-12-7(19-13-5)3-2-6(15)8(16)10(11,4-14)9(17)18/h6,8,14-16H,2-4,11H2,1H3,(H,17,18). The van der Waals surface area contributed by atoms with Gasteiger partial charge in [-0.1, -0.05) is 5.16 Å². The summed E-state index contributed by atoms with van der Waals surface area (Å²) in [6, 6.07) is 0. The molecule has 0 aromatic carbocycles. The molecule has 0 saturated carbocycles. The summed E-state index contributed by atoms with van der Waals surface area (Å²) in [5.74, 6) is -0.917. The molecule has 9 nitrogen and oxygen atoms in total. The summed E-state index contributed by atoms with van der Waals surface area (Å²) in [5.41, 5.74) is 3.03. The van der Waals surface area contributed by atoms with Gasteiger partial charge in [0.05, 0.1) is 12.7 Å². The van der Waals surface area contributed by atoms with E-state index in [4.69, 9.17) is 20.5 Å². The van der Waals surface area contributed by atoms with Gasteiger partial charge in [-0.2, -0.15) is 4.98 Å². The number of hydrogen-bond donors (Lipinski definition) is 5. The number of rotatable bonds is 7. The average Bonchev–Trinajstić information content (AvgIpc) is 2.79. The molecule has 3 unspecified atom stereocenters. The van der Waals surface area contributed by atoms with Crippen molar-refractivity contribution in [3.8, 4) is 0 Å². The summed E-state index contributed by atoms with van der Waals surface area (Å²) in [6.45, 7) is 0.625. The number of hydrogen-bond acceptors (Lipinski definition) is 8. The van der Waals surface area contributed by atoms with E-state index >= 15 is 0 Å². The Hall–Kier alpha value is -1.55. The van der Waals surface area contributed by atoms with Crippen LogP contribution >= 0.6 is 0 Å². The maximum Gasteiger partial charge on any atom is 0.328 e. The van der Waals surface area contributed by atoms with Crippen LogP contribution in [0, 0.1) is 6.92 Å². The predicted octanol–water partition coefficient (Wildman–Crippen LogP) is -2.19. The van der Waals surface area contributed by atoms with Crippen LogP contribution in [0.5, 0.6) is 0 Å². The van der Waals surface area contributed by atoms with Gasteiger partial charge in [0.15, 0.2) is 11.4 Å². The highest BCUT2D eigenvalue weighted by molar-refractivity contribution is 5.79. The van der Waals surface area contributed by atoms with Crippen molar-refractivity contribution in [1.29, 1.82) is 0 Å². The van der Waals surface area contributed by atoms with E-state index in [1.165, 1.54) is 0 Å². The SMILES string of the molecule is Cc1noc(CCC(O)C(O)C(N)(CO)C(=O)O)n1. The van der Waals surface area contributed by atoms with Crippen molar-refractivity contribution >= 4 is 5.97 Å². The van der Waals surface area contributed by atoms with Gasteiger partial charge in [-0.15, -0.1) is 0 Å². The summed E-state index contributed by atoms with van der Waals surface area (Å²) >= 11 is 0. The number of nitrogens with two attached hydrogens (primary N) is 1. The fourth-order valence-corrected chi connectivity index (χ4v) is 1.50. The number of carboxylic acids is 1. The van der Waals surface area contributed by atoms with Gasteiger partial charge in [-0.25, -0.2) is 0 Å². The zero-order valence-corrected chi connectivity index (χ0v) is 10.4. The quantitative estimate of drug-likeness (QED) is 0.371. The lowest BCUT2D eigenvalue weighted by Crippen LogP contribution is -2.63. The minimum atomic E-state index is -2.32. The van der Waals surface area contributed by atoms with Gasteiger partial charge < -0.3 is 30.7 Å². The largest absolute Gasteiger partial charge is 0.480 e. The van der Waals surface area contributed by atoms with Crippen LogP contribution in [-0.2, 0) is 11.2 Å². The number of carbonyl (C=O) groups is 1. The summed E-state index contributed by atoms with van der Waals surface area (Å²) in [5, 5.41) is 40.7. The van der Waals surface area contributed by atoms with Crippen LogP contribution in [0.4, 0.5) is 0 Å². The first-order valence-electron chi connectivity index (χ1n) is 5.59. The van der Waals surface area contributed by atoms with Crippen LogP contribution < -0.4 is 5.73 Å². The van der Waals surface area contributed by atoms with Gasteiger partial charge in [0, 0.05) is 6.42 Å². The third kappa shape index (κ3) is 3.47. The van der Waals surface area contributed by atoms with Crippen molar-refractivity contribution in [3.05, 3.63) is 11.7 Å². The van der Waals surface area contributed by atoms with E-state index in [0.717, 1.165) is 0 Å². The van der Waals surface area contributed by atoms with Crippen molar-refractivity contribution in [2.75, 3.05) is 6.61 Å². The topological polar surface area (TPSA) is 163 Å². The molecule has 0 aliphatic carbocycles. The Kier molecular flexibility index (Phi) is 4.95. The molecule has 0 amide bonds. The molecule has 108 valence electrons. The highest BCUT2D eigenvalue weighted by atomic mass is 16.5. The number of aryl methyl sites for hydroxylation is 2. The molecule has 1 aromatic heterocycles. The van der Waals surface area contributed by atoms with Gasteiger partial charge in [-0.05, 0) is 13.3 Å². The molecule has 19 heavy (non-hydrogen) atoms. The van der Waals surface area contributed by atoms with Crippen LogP contribution in [0.1, 0.15) is 18.1 Å². The summed E-state index contributed by atoms with van der Waals surface area (Å²) in [4.78, 5) is 14.8. The summed E-state index contributed by atoms with van der Waals surface area (Å²) in [6.07, 6.45) is -3.14. The lowest BCUT2D eigenvalue weighted by Gasteiger charge is -2.31. The van der Waals surface area contributed by atoms with E-state index < -0.39 is 30.3 Å². The Labute approximate surface area is 108 Å². The van der Waals surface area contributed by atoms with Crippen molar-refractivity contribution in [2.24, 2.45) is 5.73 Å². The van der Waals surface area contributed by atoms with Crippen LogP contribution in [0.3, 0.4) is 0 Å². The molecular formula is C10H17N3O6. The molecule has 0 aliphatic heterocycles. The van der Waals surface area contributed by atoms with E-state index in [2.05, 4.69) is 10.1 Å². The Morgan fingerprint density at radius 3 is 2.58 bits per heavy atom. The van der Waals surface area contributed by atoms with Gasteiger partial charge in [0.2, 0.25) is 5.89 Å². The van der Waals surface area contributed by atoms with Crippen molar-refractivity contribution < 1.29 is 29.7 Å². The monoisotopic (exact) mass is 275 g/mol. The van der Waals surface area contributed by atoms with E-state index in [-0.39, 0.29) is 18.7 Å². The predicted molar refractivity (Wildman–Crippen MR) is 61.0 cm³/mol. The molecule has 1 rings (SSSR count). The third-order valence-corrected chi connectivity index (χ3v) is 2.78. The van der Waals surface area contributed by atoms with Gasteiger partial charge in [0.1, 0.15) is 6.10 Å². The molecule has 0 fully saturated rings. The molecule has 0 radical (unpaired) electrons. The van der Waals surface area contributed by atoms with Crippen molar-refractivity contribution in [2.45, 2.75) is 37.5 Å². The summed E-state index contributed by atoms with van der Waals surface area (Å²) in [7, 11) is 0. The second-order valence-corrected chi connectivity index (χ2v) is 4.29. The zero-order valence-electron chi connectivity index (χ0n) is 10.4. The molecule has 0 saturated heterocycles.